The van der Waals surface area contributed by atoms with Gasteiger partial charge in [0.15, 0.2) is 5.82 Å². The molecule has 0 heterocycles. The van der Waals surface area contributed by atoms with Gasteiger partial charge in [0.25, 0.3) is 11.8 Å². The second kappa shape index (κ2) is 12.6. The van der Waals surface area contributed by atoms with E-state index >= 15 is 0 Å². The van der Waals surface area contributed by atoms with Gasteiger partial charge < -0.3 is 16.0 Å². The van der Waals surface area contributed by atoms with Gasteiger partial charge in [-0.25, -0.2) is 8.78 Å². The van der Waals surface area contributed by atoms with Crippen LogP contribution in [0.5, 0.6) is 0 Å². The van der Waals surface area contributed by atoms with E-state index in [2.05, 4.69) is 15.4 Å². The molecule has 0 spiro atoms. The van der Waals surface area contributed by atoms with Crippen molar-refractivity contribution in [3.63, 3.8) is 0 Å². The third kappa shape index (κ3) is 7.95. The lowest BCUT2D eigenvalue weighted by Gasteiger charge is -2.14. The van der Waals surface area contributed by atoms with Gasteiger partial charge in [-0.05, 0) is 42.0 Å². The molecule has 3 aromatic rings. The lowest BCUT2D eigenvalue weighted by Crippen LogP contribution is -2.25. The fourth-order valence-electron chi connectivity index (χ4n) is 4.25. The van der Waals surface area contributed by atoms with Crippen molar-refractivity contribution in [2.75, 3.05) is 22.6 Å². The van der Waals surface area contributed by atoms with Crippen molar-refractivity contribution in [1.82, 2.24) is 0 Å². The van der Waals surface area contributed by atoms with E-state index in [1.165, 1.54) is 18.2 Å². The van der Waals surface area contributed by atoms with Gasteiger partial charge in [-0.1, -0.05) is 29.8 Å². The van der Waals surface area contributed by atoms with Crippen molar-refractivity contribution in [3.8, 4) is 0 Å². The summed E-state index contributed by atoms with van der Waals surface area (Å²) in [5.74, 6) is -8.60. The number of benzene rings is 3. The van der Waals surface area contributed by atoms with Crippen LogP contribution < -0.4 is 16.0 Å². The maximum absolute atomic E-state index is 14.9. The Morgan fingerprint density at radius 2 is 1.58 bits per heavy atom. The molecule has 1 saturated carbocycles. The number of halogens is 11. The Balaban J connectivity index is 1.48. The van der Waals surface area contributed by atoms with E-state index in [-0.39, 0.29) is 21.8 Å². The monoisotopic (exact) mass is 703 g/mol. The Morgan fingerprint density at radius 1 is 0.889 bits per heavy atom. The average molecular weight is 705 g/mol. The largest absolute Gasteiger partial charge is 0.523 e. The highest BCUT2D eigenvalue weighted by molar-refractivity contribution is 6.53. The molecule has 18 heteroatoms. The van der Waals surface area contributed by atoms with Crippen LogP contribution in [0.25, 0.3) is 0 Å². The first kappa shape index (κ1) is 34.2. The van der Waals surface area contributed by atoms with E-state index < -0.39 is 81.6 Å². The van der Waals surface area contributed by atoms with Crippen LogP contribution in [0, 0.1) is 17.6 Å². The molecule has 1 fully saturated rings. The number of ether oxygens (including phenoxy) is 1. The summed E-state index contributed by atoms with van der Waals surface area (Å²) < 4.78 is 107. The van der Waals surface area contributed by atoms with Crippen molar-refractivity contribution < 1.29 is 54.2 Å². The summed E-state index contributed by atoms with van der Waals surface area (Å²) >= 11 is 18.5. The van der Waals surface area contributed by atoms with Crippen LogP contribution in [-0.4, -0.2) is 35.0 Å². The van der Waals surface area contributed by atoms with E-state index in [0.717, 1.165) is 30.3 Å². The van der Waals surface area contributed by atoms with E-state index in [9.17, 15) is 49.5 Å². The van der Waals surface area contributed by atoms with Crippen molar-refractivity contribution in [2.24, 2.45) is 5.92 Å². The number of anilines is 3. The number of amides is 3. The maximum Gasteiger partial charge on any atom is 0.523 e. The summed E-state index contributed by atoms with van der Waals surface area (Å²) in [7, 11) is 0. The normalized spacial score (nSPS) is 17.4. The standard InChI is InChI=1S/C27H16Cl3F8N3O4/c28-15-5-4-13(39-24(44)20-19(25(20,29)30)11-2-1-3-12(8-11)26(33,34)35)9-14(15)23(43)40-17-7-6-16(31)22(21(17)32)41-18(42)10-45-27(36,37)38/h1-9,19-20H,10H2,(H,39,44)(H,40,43)(H,41,42)/t19-,20+/m0/s1. The molecule has 0 bridgehead atoms. The predicted octanol–water partition coefficient (Wildman–Crippen LogP) is 7.89. The molecular formula is C27H16Cl3F8N3O4. The molecule has 2 atom stereocenters. The van der Waals surface area contributed by atoms with E-state index in [4.69, 9.17) is 34.8 Å². The van der Waals surface area contributed by atoms with Crippen LogP contribution in [-0.2, 0) is 20.5 Å². The fraction of sp³-hybridized carbons (Fsp3) is 0.222. The number of rotatable bonds is 8. The second-order valence-corrected chi connectivity index (χ2v) is 11.3. The lowest BCUT2D eigenvalue weighted by molar-refractivity contribution is -0.320. The summed E-state index contributed by atoms with van der Waals surface area (Å²) in [5.41, 5.74) is -3.20. The van der Waals surface area contributed by atoms with Crippen LogP contribution in [0.1, 0.15) is 27.4 Å². The minimum absolute atomic E-state index is 0.0504. The fourth-order valence-corrected chi connectivity index (χ4v) is 5.28. The number of hydrogen-bond donors (Lipinski definition) is 3. The molecule has 7 nitrogen and oxygen atoms in total. The Hall–Kier alpha value is -3.66. The zero-order valence-corrected chi connectivity index (χ0v) is 24.1. The van der Waals surface area contributed by atoms with Gasteiger partial charge in [0.1, 0.15) is 22.4 Å². The molecular weight excluding hydrogens is 689 g/mol. The van der Waals surface area contributed by atoms with Gasteiger partial charge in [0, 0.05) is 11.6 Å². The molecule has 0 aromatic heterocycles. The molecule has 0 unspecified atom stereocenters. The zero-order valence-electron chi connectivity index (χ0n) is 21.8. The summed E-state index contributed by atoms with van der Waals surface area (Å²) in [6.07, 6.45) is -9.83. The Morgan fingerprint density at radius 3 is 2.22 bits per heavy atom. The molecule has 0 saturated heterocycles. The Labute approximate surface area is 262 Å². The topological polar surface area (TPSA) is 96.5 Å². The molecule has 45 heavy (non-hydrogen) atoms. The summed E-state index contributed by atoms with van der Waals surface area (Å²) in [5, 5.41) is 5.87. The van der Waals surface area contributed by atoms with E-state index in [1.807, 2.05) is 0 Å². The van der Waals surface area contributed by atoms with E-state index in [1.54, 1.807) is 5.32 Å². The van der Waals surface area contributed by atoms with Crippen LogP contribution in [0.3, 0.4) is 0 Å². The highest BCUT2D eigenvalue weighted by Gasteiger charge is 2.67. The smallest absolute Gasteiger partial charge is 0.326 e. The van der Waals surface area contributed by atoms with Crippen molar-refractivity contribution in [2.45, 2.75) is 22.8 Å². The number of hydrogen-bond acceptors (Lipinski definition) is 4. The SMILES string of the molecule is O=C(COC(F)(F)F)Nc1c(F)ccc(NC(=O)c2cc(NC(=O)[C@H]3[C@H](c4cccc(C(F)(F)F)c4)C3(Cl)Cl)ccc2Cl)c1F. The van der Waals surface area contributed by atoms with Crippen molar-refractivity contribution in [3.05, 3.63) is 87.9 Å². The third-order valence-corrected chi connectivity index (χ3v) is 7.63. The summed E-state index contributed by atoms with van der Waals surface area (Å²) in [4.78, 5) is 37.6. The minimum atomic E-state index is -5.18. The lowest BCUT2D eigenvalue weighted by atomic mass is 10.1. The van der Waals surface area contributed by atoms with Crippen molar-refractivity contribution in [1.29, 1.82) is 0 Å². The van der Waals surface area contributed by atoms with Crippen LogP contribution >= 0.6 is 34.8 Å². The summed E-state index contributed by atoms with van der Waals surface area (Å²) in [6.45, 7) is -1.61. The van der Waals surface area contributed by atoms with Gasteiger partial charge >= 0.3 is 12.5 Å². The van der Waals surface area contributed by atoms with Gasteiger partial charge in [0.05, 0.1) is 27.8 Å². The van der Waals surface area contributed by atoms with E-state index in [0.29, 0.717) is 6.07 Å². The highest BCUT2D eigenvalue weighted by atomic mass is 35.5. The molecule has 3 amide bonds. The molecule has 3 N–H and O–H groups in total. The van der Waals surface area contributed by atoms with Crippen molar-refractivity contribution >= 4 is 69.6 Å². The summed E-state index contributed by atoms with van der Waals surface area (Å²) in [6, 6.07) is 8.99. The van der Waals surface area contributed by atoms with Gasteiger partial charge in [-0.2, -0.15) is 13.2 Å². The molecule has 0 radical (unpaired) electrons. The Kier molecular flexibility index (Phi) is 9.59. The molecule has 4 rings (SSSR count). The zero-order chi connectivity index (χ0) is 33.5. The number of carbonyl (C=O) groups excluding carboxylic acids is 3. The molecule has 0 aliphatic heterocycles. The first-order valence-electron chi connectivity index (χ1n) is 12.2. The maximum atomic E-state index is 14.9. The highest BCUT2D eigenvalue weighted by Crippen LogP contribution is 2.65. The molecule has 3 aromatic carbocycles. The first-order valence-corrected chi connectivity index (χ1v) is 13.4. The average Bonchev–Trinajstić information content (AvgIpc) is 3.53. The minimum Gasteiger partial charge on any atom is -0.326 e. The number of carbonyl (C=O) groups is 3. The second-order valence-electron chi connectivity index (χ2n) is 9.46. The van der Waals surface area contributed by atoms with Crippen LogP contribution in [0.4, 0.5) is 52.2 Å². The van der Waals surface area contributed by atoms with Gasteiger partial charge in [0.2, 0.25) is 5.91 Å². The quantitative estimate of drug-likeness (QED) is 0.164. The van der Waals surface area contributed by atoms with Gasteiger partial charge in [-0.15, -0.1) is 36.4 Å². The molecule has 240 valence electrons. The molecule has 1 aliphatic carbocycles. The van der Waals surface area contributed by atoms with Gasteiger partial charge in [-0.3, -0.25) is 19.1 Å². The number of alkyl halides is 8. The van der Waals surface area contributed by atoms with Crippen LogP contribution in [0.15, 0.2) is 54.6 Å². The third-order valence-electron chi connectivity index (χ3n) is 6.36. The predicted molar refractivity (Wildman–Crippen MR) is 147 cm³/mol. The number of nitrogens with one attached hydrogen (secondary N) is 3. The van der Waals surface area contributed by atoms with Crippen LogP contribution in [0.2, 0.25) is 5.02 Å². The first-order chi connectivity index (χ1) is 20.8. The Bertz CT molecular complexity index is 1670. The molecule has 1 aliphatic rings.